The van der Waals surface area contributed by atoms with Crippen LogP contribution in [-0.2, 0) is 0 Å². The van der Waals surface area contributed by atoms with Crippen LogP contribution in [0, 0.1) is 12.7 Å². The summed E-state index contributed by atoms with van der Waals surface area (Å²) in [7, 11) is 1.97. The van der Waals surface area contributed by atoms with E-state index in [2.05, 4.69) is 0 Å². The number of carbonyl (C=O) groups is 1. The molecule has 0 saturated heterocycles. The standard InChI is InChI=1S/C8H8FO2P/c1-5-2-3-7(11-12)6(4-10)8(5)9/h2-4H,12H2,1H3. The van der Waals surface area contributed by atoms with Gasteiger partial charge in [0.2, 0.25) is 0 Å². The minimum Gasteiger partial charge on any atom is -0.479 e. The lowest BCUT2D eigenvalue weighted by molar-refractivity contribution is 0.111. The van der Waals surface area contributed by atoms with Gasteiger partial charge in [-0.05, 0) is 18.6 Å². The van der Waals surface area contributed by atoms with Crippen molar-refractivity contribution in [1.29, 1.82) is 0 Å². The van der Waals surface area contributed by atoms with E-state index in [1.807, 2.05) is 9.47 Å². The van der Waals surface area contributed by atoms with Crippen LogP contribution in [-0.4, -0.2) is 6.29 Å². The normalized spacial score (nSPS) is 9.58. The third-order valence-corrected chi connectivity index (χ3v) is 1.83. The quantitative estimate of drug-likeness (QED) is 0.522. The van der Waals surface area contributed by atoms with Crippen LogP contribution >= 0.6 is 9.47 Å². The summed E-state index contributed by atoms with van der Waals surface area (Å²) in [5.41, 5.74) is 0.396. The van der Waals surface area contributed by atoms with Gasteiger partial charge in [0.15, 0.2) is 6.29 Å². The zero-order chi connectivity index (χ0) is 9.14. The van der Waals surface area contributed by atoms with Crippen LogP contribution in [0.15, 0.2) is 12.1 Å². The minimum atomic E-state index is -0.523. The van der Waals surface area contributed by atoms with Crippen LogP contribution in [0.4, 0.5) is 4.39 Å². The first-order chi connectivity index (χ1) is 5.70. The van der Waals surface area contributed by atoms with Crippen LogP contribution in [0.25, 0.3) is 0 Å². The fourth-order valence-electron chi connectivity index (χ4n) is 0.897. The lowest BCUT2D eigenvalue weighted by Crippen LogP contribution is -1.94. The highest BCUT2D eigenvalue weighted by atomic mass is 31.0. The number of aryl methyl sites for hydroxylation is 1. The van der Waals surface area contributed by atoms with Crippen molar-refractivity contribution in [3.05, 3.63) is 29.1 Å². The maximum atomic E-state index is 13.1. The molecule has 0 amide bonds. The molecule has 1 rings (SSSR count). The van der Waals surface area contributed by atoms with Crippen molar-refractivity contribution in [3.8, 4) is 5.75 Å². The van der Waals surface area contributed by atoms with Crippen molar-refractivity contribution in [2.45, 2.75) is 6.92 Å². The fraction of sp³-hybridized carbons (Fsp3) is 0.125. The SMILES string of the molecule is Cc1ccc(OP)c(C=O)c1F. The second kappa shape index (κ2) is 3.63. The molecule has 1 aromatic rings. The number of aldehydes is 1. The first-order valence-electron chi connectivity index (χ1n) is 3.31. The fourth-order valence-corrected chi connectivity index (χ4v) is 1.10. The molecule has 2 nitrogen and oxygen atoms in total. The molecular weight excluding hydrogens is 178 g/mol. The van der Waals surface area contributed by atoms with Crippen LogP contribution in [0.3, 0.4) is 0 Å². The molecule has 0 radical (unpaired) electrons. The molecule has 0 aliphatic carbocycles. The molecule has 0 aliphatic heterocycles. The van der Waals surface area contributed by atoms with Crippen LogP contribution in [0.2, 0.25) is 0 Å². The first-order valence-corrected chi connectivity index (χ1v) is 3.79. The summed E-state index contributed by atoms with van der Waals surface area (Å²) in [6, 6.07) is 3.11. The number of benzene rings is 1. The Kier molecular flexibility index (Phi) is 2.77. The molecule has 0 saturated carbocycles. The minimum absolute atomic E-state index is 0.0370. The van der Waals surface area contributed by atoms with E-state index in [9.17, 15) is 9.18 Å². The van der Waals surface area contributed by atoms with Crippen molar-refractivity contribution in [3.63, 3.8) is 0 Å². The number of halogens is 1. The maximum absolute atomic E-state index is 13.1. The Labute approximate surface area is 72.0 Å². The van der Waals surface area contributed by atoms with Crippen LogP contribution in [0.1, 0.15) is 15.9 Å². The molecule has 1 aromatic carbocycles. The van der Waals surface area contributed by atoms with E-state index >= 15 is 0 Å². The number of rotatable bonds is 2. The van der Waals surface area contributed by atoms with Gasteiger partial charge >= 0.3 is 0 Å². The van der Waals surface area contributed by atoms with E-state index in [0.29, 0.717) is 11.8 Å². The summed E-state index contributed by atoms with van der Waals surface area (Å²) in [5.74, 6) is -0.289. The average Bonchev–Trinajstić information content (AvgIpc) is 2.09. The molecule has 0 N–H and O–H groups in total. The number of hydrogen-bond donors (Lipinski definition) is 0. The molecule has 0 bridgehead atoms. The monoisotopic (exact) mass is 186 g/mol. The van der Waals surface area contributed by atoms with Gasteiger partial charge in [-0.2, -0.15) is 0 Å². The summed E-state index contributed by atoms with van der Waals surface area (Å²) in [6.45, 7) is 1.59. The van der Waals surface area contributed by atoms with E-state index in [-0.39, 0.29) is 11.3 Å². The molecule has 1 unspecified atom stereocenters. The van der Waals surface area contributed by atoms with Crippen molar-refractivity contribution >= 4 is 15.8 Å². The van der Waals surface area contributed by atoms with Crippen molar-refractivity contribution < 1.29 is 13.7 Å². The molecule has 12 heavy (non-hydrogen) atoms. The molecule has 1 atom stereocenters. The molecule has 0 aliphatic rings. The van der Waals surface area contributed by atoms with E-state index in [0.717, 1.165) is 0 Å². The molecule has 0 fully saturated rings. The van der Waals surface area contributed by atoms with Gasteiger partial charge in [0.05, 0.1) is 15.0 Å². The van der Waals surface area contributed by atoms with E-state index < -0.39 is 5.82 Å². The van der Waals surface area contributed by atoms with Gasteiger partial charge < -0.3 is 4.52 Å². The van der Waals surface area contributed by atoms with Gasteiger partial charge in [-0.1, -0.05) is 6.07 Å². The highest BCUT2D eigenvalue weighted by molar-refractivity contribution is 7.10. The topological polar surface area (TPSA) is 26.3 Å². The van der Waals surface area contributed by atoms with E-state index in [4.69, 9.17) is 4.52 Å². The zero-order valence-corrected chi connectivity index (χ0v) is 7.66. The molecule has 0 spiro atoms. The lowest BCUT2D eigenvalue weighted by atomic mass is 10.1. The van der Waals surface area contributed by atoms with E-state index in [1.54, 1.807) is 19.1 Å². The Morgan fingerprint density at radius 1 is 1.58 bits per heavy atom. The Morgan fingerprint density at radius 3 is 2.75 bits per heavy atom. The Morgan fingerprint density at radius 2 is 2.25 bits per heavy atom. The second-order valence-corrected chi connectivity index (χ2v) is 2.58. The summed E-state index contributed by atoms with van der Waals surface area (Å²) >= 11 is 0. The Bertz CT molecular complexity index is 312. The van der Waals surface area contributed by atoms with Gasteiger partial charge in [-0.15, -0.1) is 0 Å². The molecule has 0 aromatic heterocycles. The number of hydrogen-bond acceptors (Lipinski definition) is 2. The average molecular weight is 186 g/mol. The maximum Gasteiger partial charge on any atom is 0.156 e. The van der Waals surface area contributed by atoms with Crippen molar-refractivity contribution in [2.24, 2.45) is 0 Å². The smallest absolute Gasteiger partial charge is 0.156 e. The Hall–Kier alpha value is -0.950. The largest absolute Gasteiger partial charge is 0.479 e. The van der Waals surface area contributed by atoms with Gasteiger partial charge in [0, 0.05) is 0 Å². The van der Waals surface area contributed by atoms with E-state index in [1.165, 1.54) is 0 Å². The van der Waals surface area contributed by atoms with Gasteiger partial charge in [-0.3, -0.25) is 4.79 Å². The Balaban J connectivity index is 3.35. The van der Waals surface area contributed by atoms with Gasteiger partial charge in [-0.25, -0.2) is 4.39 Å². The predicted molar refractivity (Wildman–Crippen MR) is 46.9 cm³/mol. The molecule has 0 heterocycles. The summed E-state index contributed by atoms with van der Waals surface area (Å²) in [4.78, 5) is 10.4. The third-order valence-electron chi connectivity index (χ3n) is 1.58. The molecule has 64 valence electrons. The number of carbonyl (C=O) groups excluding carboxylic acids is 1. The van der Waals surface area contributed by atoms with Crippen molar-refractivity contribution in [1.82, 2.24) is 0 Å². The zero-order valence-electron chi connectivity index (χ0n) is 6.50. The van der Waals surface area contributed by atoms with Gasteiger partial charge in [0.25, 0.3) is 0 Å². The van der Waals surface area contributed by atoms with Crippen molar-refractivity contribution in [2.75, 3.05) is 0 Å². The van der Waals surface area contributed by atoms with Gasteiger partial charge in [0.1, 0.15) is 11.6 Å². The third kappa shape index (κ3) is 1.46. The molecule has 4 heteroatoms. The highest BCUT2D eigenvalue weighted by Crippen LogP contribution is 2.23. The summed E-state index contributed by atoms with van der Waals surface area (Å²) < 4.78 is 17.8. The predicted octanol–water partition coefficient (Wildman–Crippen LogP) is 2.12. The lowest BCUT2D eigenvalue weighted by Gasteiger charge is -2.04. The first kappa shape index (κ1) is 9.14. The highest BCUT2D eigenvalue weighted by Gasteiger charge is 2.09. The molecular formula is C8H8FO2P. The summed E-state index contributed by atoms with van der Waals surface area (Å²) in [5, 5.41) is 0. The second-order valence-electron chi connectivity index (χ2n) is 2.34. The van der Waals surface area contributed by atoms with Crippen LogP contribution in [0.5, 0.6) is 5.75 Å². The summed E-state index contributed by atoms with van der Waals surface area (Å²) in [6.07, 6.45) is 0.446. The van der Waals surface area contributed by atoms with Crippen LogP contribution < -0.4 is 4.52 Å².